The van der Waals surface area contributed by atoms with E-state index >= 15 is 0 Å². The molecule has 1 heterocycles. The molecule has 1 nitrogen and oxygen atoms in total. The highest BCUT2D eigenvalue weighted by molar-refractivity contribution is 6.08. The summed E-state index contributed by atoms with van der Waals surface area (Å²) in [5.41, 5.74) is 5.92. The number of rotatable bonds is 1. The van der Waals surface area contributed by atoms with Gasteiger partial charge < -0.3 is 4.98 Å². The first-order valence-corrected chi connectivity index (χ1v) is 7.40. The van der Waals surface area contributed by atoms with Crippen LogP contribution >= 0.6 is 0 Å². The van der Waals surface area contributed by atoms with Crippen LogP contribution in [0.2, 0.25) is 0 Å². The molecule has 4 aromatic rings. The molecule has 1 aromatic heterocycles. The molecule has 22 heavy (non-hydrogen) atoms. The Bertz CT molecular complexity index is 994. The minimum absolute atomic E-state index is 0.183. The Hall–Kier alpha value is -2.61. The first-order chi connectivity index (χ1) is 10.6. The quantitative estimate of drug-likeness (QED) is 0.459. The normalized spacial score (nSPS) is 11.4. The maximum absolute atomic E-state index is 14.6. The molecule has 0 spiro atoms. The van der Waals surface area contributed by atoms with E-state index in [0.717, 1.165) is 27.4 Å². The summed E-state index contributed by atoms with van der Waals surface area (Å²) in [5, 5.41) is 2.00. The number of hydrogen-bond acceptors (Lipinski definition) is 0. The lowest BCUT2D eigenvalue weighted by atomic mass is 10.0. The van der Waals surface area contributed by atoms with E-state index in [4.69, 9.17) is 0 Å². The summed E-state index contributed by atoms with van der Waals surface area (Å²) in [6.45, 7) is 4.09. The highest BCUT2D eigenvalue weighted by Gasteiger charge is 2.11. The van der Waals surface area contributed by atoms with Crippen molar-refractivity contribution in [3.05, 3.63) is 71.5 Å². The van der Waals surface area contributed by atoms with Gasteiger partial charge in [0, 0.05) is 27.4 Å². The zero-order valence-corrected chi connectivity index (χ0v) is 12.6. The Balaban J connectivity index is 1.99. The predicted molar refractivity (Wildman–Crippen MR) is 90.7 cm³/mol. The van der Waals surface area contributed by atoms with Crippen LogP contribution in [-0.4, -0.2) is 4.98 Å². The summed E-state index contributed by atoms with van der Waals surface area (Å²) in [6, 6.07) is 17.7. The number of halogens is 1. The molecule has 0 saturated carbocycles. The molecule has 0 fully saturated rings. The lowest BCUT2D eigenvalue weighted by Crippen LogP contribution is -1.85. The van der Waals surface area contributed by atoms with Crippen molar-refractivity contribution in [2.45, 2.75) is 13.8 Å². The van der Waals surface area contributed by atoms with Gasteiger partial charge in [-0.1, -0.05) is 42.0 Å². The molecule has 2 heteroatoms. The van der Waals surface area contributed by atoms with Crippen LogP contribution in [0.25, 0.3) is 32.9 Å². The van der Waals surface area contributed by atoms with Crippen molar-refractivity contribution >= 4 is 21.8 Å². The largest absolute Gasteiger partial charge is 0.354 e. The molecule has 0 aliphatic rings. The Morgan fingerprint density at radius 1 is 0.727 bits per heavy atom. The van der Waals surface area contributed by atoms with E-state index in [1.807, 2.05) is 37.3 Å². The average molecular weight is 289 g/mol. The van der Waals surface area contributed by atoms with E-state index < -0.39 is 0 Å². The fourth-order valence-corrected chi connectivity index (χ4v) is 3.00. The van der Waals surface area contributed by atoms with Crippen molar-refractivity contribution < 1.29 is 4.39 Å². The number of aromatic nitrogens is 1. The second-order valence-corrected chi connectivity index (χ2v) is 5.92. The van der Waals surface area contributed by atoms with Gasteiger partial charge >= 0.3 is 0 Å². The van der Waals surface area contributed by atoms with E-state index in [0.29, 0.717) is 5.56 Å². The summed E-state index contributed by atoms with van der Waals surface area (Å²) in [6.07, 6.45) is 0. The van der Waals surface area contributed by atoms with Crippen LogP contribution in [0.5, 0.6) is 0 Å². The molecular weight excluding hydrogens is 273 g/mol. The molecule has 1 N–H and O–H groups in total. The van der Waals surface area contributed by atoms with Crippen molar-refractivity contribution in [1.29, 1.82) is 0 Å². The molecule has 0 radical (unpaired) electrons. The number of nitrogens with one attached hydrogen (secondary N) is 1. The smallest absolute Gasteiger partial charge is 0.131 e. The third-order valence-corrected chi connectivity index (χ3v) is 4.20. The van der Waals surface area contributed by atoms with Crippen molar-refractivity contribution in [2.24, 2.45) is 0 Å². The number of aromatic amines is 1. The van der Waals surface area contributed by atoms with Crippen LogP contribution in [0.1, 0.15) is 11.1 Å². The highest BCUT2D eigenvalue weighted by Crippen LogP contribution is 2.32. The van der Waals surface area contributed by atoms with Gasteiger partial charge in [0.05, 0.1) is 0 Å². The van der Waals surface area contributed by atoms with Crippen molar-refractivity contribution in [1.82, 2.24) is 4.98 Å². The predicted octanol–water partition coefficient (Wildman–Crippen LogP) is 5.74. The van der Waals surface area contributed by atoms with Crippen LogP contribution < -0.4 is 0 Å². The van der Waals surface area contributed by atoms with Gasteiger partial charge in [-0.2, -0.15) is 0 Å². The zero-order chi connectivity index (χ0) is 15.3. The minimum atomic E-state index is -0.183. The van der Waals surface area contributed by atoms with Gasteiger partial charge in [0.1, 0.15) is 5.82 Å². The van der Waals surface area contributed by atoms with E-state index in [9.17, 15) is 4.39 Å². The maximum Gasteiger partial charge on any atom is 0.131 e. The fourth-order valence-electron chi connectivity index (χ4n) is 3.00. The Morgan fingerprint density at radius 3 is 2.18 bits per heavy atom. The fraction of sp³-hybridized carbons (Fsp3) is 0.100. The third-order valence-electron chi connectivity index (χ3n) is 4.20. The second-order valence-electron chi connectivity index (χ2n) is 5.92. The zero-order valence-electron chi connectivity index (χ0n) is 12.6. The molecule has 0 saturated heterocycles. The molecule has 0 aliphatic carbocycles. The number of hydrogen-bond donors (Lipinski definition) is 1. The maximum atomic E-state index is 14.6. The Labute approximate surface area is 128 Å². The van der Waals surface area contributed by atoms with Crippen LogP contribution in [-0.2, 0) is 0 Å². The molecule has 4 rings (SSSR count). The molecule has 3 aromatic carbocycles. The van der Waals surface area contributed by atoms with E-state index in [1.54, 1.807) is 6.07 Å². The van der Waals surface area contributed by atoms with Gasteiger partial charge in [0.25, 0.3) is 0 Å². The summed E-state index contributed by atoms with van der Waals surface area (Å²) in [7, 11) is 0. The van der Waals surface area contributed by atoms with Crippen molar-refractivity contribution in [3.63, 3.8) is 0 Å². The summed E-state index contributed by atoms with van der Waals surface area (Å²) in [4.78, 5) is 3.40. The van der Waals surface area contributed by atoms with Crippen LogP contribution in [0.4, 0.5) is 4.39 Å². The van der Waals surface area contributed by atoms with Gasteiger partial charge in [0.15, 0.2) is 0 Å². The lowest BCUT2D eigenvalue weighted by Gasteiger charge is -2.05. The molecular formula is C20H16FN. The first kappa shape index (κ1) is 13.1. The van der Waals surface area contributed by atoms with Gasteiger partial charge in [-0.15, -0.1) is 0 Å². The molecule has 0 bridgehead atoms. The van der Waals surface area contributed by atoms with Crippen molar-refractivity contribution in [3.8, 4) is 11.1 Å². The Morgan fingerprint density at radius 2 is 1.41 bits per heavy atom. The SMILES string of the molecule is Cc1ccc(-c2cc3[nH]c4cc(C)ccc4c3cc2F)cc1. The standard InChI is InChI=1S/C20H16FN/c1-12-3-6-14(7-4-12)16-11-20-17(10-18(16)21)15-8-5-13(2)9-19(15)22-20/h3-11,22H,1-2H3. The monoisotopic (exact) mass is 289 g/mol. The van der Waals surface area contributed by atoms with Gasteiger partial charge in [0.2, 0.25) is 0 Å². The number of H-pyrrole nitrogens is 1. The van der Waals surface area contributed by atoms with E-state index in [1.165, 1.54) is 11.1 Å². The van der Waals surface area contributed by atoms with Gasteiger partial charge in [-0.05, 0) is 43.2 Å². The second kappa shape index (κ2) is 4.70. The topological polar surface area (TPSA) is 15.8 Å². The molecule has 108 valence electrons. The Kier molecular flexibility index (Phi) is 2.80. The van der Waals surface area contributed by atoms with Crippen LogP contribution in [0.3, 0.4) is 0 Å². The molecule has 0 unspecified atom stereocenters. The van der Waals surface area contributed by atoms with Crippen LogP contribution in [0, 0.1) is 19.7 Å². The first-order valence-electron chi connectivity index (χ1n) is 7.40. The third kappa shape index (κ3) is 2.00. The minimum Gasteiger partial charge on any atom is -0.354 e. The lowest BCUT2D eigenvalue weighted by molar-refractivity contribution is 0.633. The summed E-state index contributed by atoms with van der Waals surface area (Å²) >= 11 is 0. The van der Waals surface area contributed by atoms with Gasteiger partial charge in [-0.3, -0.25) is 0 Å². The molecule has 0 amide bonds. The molecule has 0 aliphatic heterocycles. The van der Waals surface area contributed by atoms with Crippen molar-refractivity contribution in [2.75, 3.05) is 0 Å². The van der Waals surface area contributed by atoms with Crippen LogP contribution in [0.15, 0.2) is 54.6 Å². The van der Waals surface area contributed by atoms with E-state index in [2.05, 4.69) is 30.1 Å². The number of fused-ring (bicyclic) bond motifs is 3. The van der Waals surface area contributed by atoms with E-state index in [-0.39, 0.29) is 5.82 Å². The highest BCUT2D eigenvalue weighted by atomic mass is 19.1. The molecule has 0 atom stereocenters. The average Bonchev–Trinajstić information content (AvgIpc) is 2.84. The summed E-state index contributed by atoms with van der Waals surface area (Å²) < 4.78 is 14.6. The number of aryl methyl sites for hydroxylation is 2. The summed E-state index contributed by atoms with van der Waals surface area (Å²) in [5.74, 6) is -0.183. The van der Waals surface area contributed by atoms with Gasteiger partial charge in [-0.25, -0.2) is 4.39 Å². The number of benzene rings is 3.